The molecule has 3 amide bonds. The Morgan fingerprint density at radius 1 is 1.16 bits per heavy atom. The predicted octanol–water partition coefficient (Wildman–Crippen LogP) is 3.17. The number of nitriles is 1. The third-order valence-corrected chi connectivity index (χ3v) is 7.18. The van der Waals surface area contributed by atoms with Gasteiger partial charge in [0.2, 0.25) is 5.91 Å². The van der Waals surface area contributed by atoms with Gasteiger partial charge in [-0.05, 0) is 61.6 Å². The molecule has 32 heavy (non-hydrogen) atoms. The summed E-state index contributed by atoms with van der Waals surface area (Å²) in [4.78, 5) is 31.1. The Morgan fingerprint density at radius 2 is 1.81 bits per heavy atom. The maximum Gasteiger partial charge on any atom is 0.318 e. The highest BCUT2D eigenvalue weighted by Crippen LogP contribution is 2.48. The van der Waals surface area contributed by atoms with Crippen molar-refractivity contribution in [1.29, 1.82) is 5.26 Å². The zero-order valence-corrected chi connectivity index (χ0v) is 18.1. The van der Waals surface area contributed by atoms with Crippen LogP contribution < -0.4 is 10.6 Å². The van der Waals surface area contributed by atoms with Crippen LogP contribution in [0.3, 0.4) is 0 Å². The van der Waals surface area contributed by atoms with Gasteiger partial charge in [0.15, 0.2) is 0 Å². The van der Waals surface area contributed by atoms with Crippen LogP contribution in [0.5, 0.6) is 0 Å². The van der Waals surface area contributed by atoms with E-state index in [1.807, 2.05) is 6.07 Å². The summed E-state index contributed by atoms with van der Waals surface area (Å²) in [5.74, 6) is -3.96. The van der Waals surface area contributed by atoms with Crippen LogP contribution in [0.2, 0.25) is 0 Å². The van der Waals surface area contributed by atoms with E-state index in [0.717, 1.165) is 12.8 Å². The van der Waals surface area contributed by atoms with Crippen LogP contribution in [-0.2, 0) is 11.2 Å². The molecule has 2 aliphatic carbocycles. The van der Waals surface area contributed by atoms with E-state index in [2.05, 4.69) is 15.6 Å². The van der Waals surface area contributed by atoms with E-state index in [-0.39, 0.29) is 0 Å². The molecule has 1 atom stereocenters. The number of pyridine rings is 1. The van der Waals surface area contributed by atoms with Crippen molar-refractivity contribution in [2.24, 2.45) is 5.41 Å². The summed E-state index contributed by atoms with van der Waals surface area (Å²) in [6.07, 6.45) is 7.85. The van der Waals surface area contributed by atoms with E-state index < -0.39 is 42.3 Å². The highest BCUT2D eigenvalue weighted by Gasteiger charge is 2.47. The van der Waals surface area contributed by atoms with Gasteiger partial charge in [-0.15, -0.1) is 0 Å². The SMILES string of the molecule is N#CC1(NC(=O)C(CC(F)(F)Cc2ccncc2)NC(=O)N2CCC3(CCC3)CC2)CC1. The van der Waals surface area contributed by atoms with Gasteiger partial charge in [0.25, 0.3) is 5.92 Å². The largest absolute Gasteiger partial charge is 0.336 e. The number of amides is 3. The van der Waals surface area contributed by atoms with Crippen molar-refractivity contribution >= 4 is 11.9 Å². The summed E-state index contributed by atoms with van der Waals surface area (Å²) < 4.78 is 29.7. The fraction of sp³-hybridized carbons (Fsp3) is 0.652. The quantitative estimate of drug-likeness (QED) is 0.674. The van der Waals surface area contributed by atoms with Crippen molar-refractivity contribution in [1.82, 2.24) is 20.5 Å². The van der Waals surface area contributed by atoms with Crippen LogP contribution in [0.4, 0.5) is 13.6 Å². The van der Waals surface area contributed by atoms with E-state index in [1.165, 1.54) is 43.8 Å². The molecule has 4 rings (SSSR count). The van der Waals surface area contributed by atoms with Crippen LogP contribution in [0.15, 0.2) is 24.5 Å². The molecule has 9 heteroatoms. The zero-order chi connectivity index (χ0) is 22.8. The van der Waals surface area contributed by atoms with Crippen molar-refractivity contribution in [3.8, 4) is 6.07 Å². The second-order valence-electron chi connectivity index (χ2n) is 9.62. The van der Waals surface area contributed by atoms with Crippen LogP contribution in [-0.4, -0.2) is 52.4 Å². The normalized spacial score (nSPS) is 21.7. The minimum absolute atomic E-state index is 0.344. The van der Waals surface area contributed by atoms with E-state index in [0.29, 0.717) is 36.9 Å². The van der Waals surface area contributed by atoms with Gasteiger partial charge < -0.3 is 15.5 Å². The molecule has 1 spiro atoms. The topological polar surface area (TPSA) is 98.1 Å². The van der Waals surface area contributed by atoms with Gasteiger partial charge in [-0.1, -0.05) is 6.42 Å². The second kappa shape index (κ2) is 8.64. The summed E-state index contributed by atoms with van der Waals surface area (Å²) in [6, 6.07) is 3.11. The second-order valence-corrected chi connectivity index (χ2v) is 9.62. The Hall–Kier alpha value is -2.76. The van der Waals surface area contributed by atoms with Crippen molar-refractivity contribution in [3.63, 3.8) is 0 Å². The number of carbonyl (C=O) groups is 2. The van der Waals surface area contributed by atoms with Crippen LogP contribution in [0, 0.1) is 16.7 Å². The van der Waals surface area contributed by atoms with Crippen molar-refractivity contribution in [2.75, 3.05) is 13.1 Å². The van der Waals surface area contributed by atoms with Crippen LogP contribution in [0.1, 0.15) is 56.9 Å². The smallest absolute Gasteiger partial charge is 0.318 e. The lowest BCUT2D eigenvalue weighted by Crippen LogP contribution is -2.56. The lowest BCUT2D eigenvalue weighted by atomic mass is 9.63. The molecule has 0 radical (unpaired) electrons. The Morgan fingerprint density at radius 3 is 2.34 bits per heavy atom. The number of carbonyl (C=O) groups excluding carboxylic acids is 2. The molecule has 7 nitrogen and oxygen atoms in total. The van der Waals surface area contributed by atoms with E-state index in [1.54, 1.807) is 4.90 Å². The molecule has 1 aromatic rings. The molecule has 3 fully saturated rings. The molecular weight excluding hydrogens is 416 g/mol. The zero-order valence-electron chi connectivity index (χ0n) is 18.1. The predicted molar refractivity (Wildman–Crippen MR) is 113 cm³/mol. The molecule has 1 unspecified atom stereocenters. The lowest BCUT2D eigenvalue weighted by molar-refractivity contribution is -0.126. The minimum atomic E-state index is -3.22. The number of halogens is 2. The van der Waals surface area contributed by atoms with Crippen LogP contribution >= 0.6 is 0 Å². The first kappa shape index (κ1) is 22.4. The number of hydrogen-bond donors (Lipinski definition) is 2. The van der Waals surface area contributed by atoms with Gasteiger partial charge in [0.1, 0.15) is 11.6 Å². The number of aromatic nitrogens is 1. The monoisotopic (exact) mass is 445 g/mol. The third kappa shape index (κ3) is 5.17. The number of piperidine rings is 1. The number of nitrogens with one attached hydrogen (secondary N) is 2. The maximum absolute atomic E-state index is 14.9. The van der Waals surface area contributed by atoms with Gasteiger partial charge >= 0.3 is 6.03 Å². The Kier molecular flexibility index (Phi) is 6.06. The summed E-state index contributed by atoms with van der Waals surface area (Å²) in [6.45, 7) is 1.13. The van der Waals surface area contributed by atoms with Gasteiger partial charge in [0.05, 0.1) is 6.07 Å². The van der Waals surface area contributed by atoms with Gasteiger partial charge in [-0.2, -0.15) is 5.26 Å². The van der Waals surface area contributed by atoms with E-state index in [4.69, 9.17) is 0 Å². The molecule has 3 aliphatic rings. The third-order valence-electron chi connectivity index (χ3n) is 7.18. The fourth-order valence-corrected chi connectivity index (χ4v) is 4.69. The van der Waals surface area contributed by atoms with Gasteiger partial charge in [-0.25, -0.2) is 13.6 Å². The average Bonchev–Trinajstić information content (AvgIpc) is 3.52. The molecule has 172 valence electrons. The van der Waals surface area contributed by atoms with Crippen molar-refractivity contribution in [2.45, 2.75) is 75.3 Å². The number of likely N-dealkylation sites (tertiary alicyclic amines) is 1. The molecule has 2 heterocycles. The molecule has 0 bridgehead atoms. The highest BCUT2D eigenvalue weighted by atomic mass is 19.3. The average molecular weight is 446 g/mol. The maximum atomic E-state index is 14.9. The standard InChI is InChI=1S/C23H29F2N5O2/c24-23(25,14-17-2-10-27-11-3-17)15-18(19(31)29-22(16-26)6-7-22)28-20(32)30-12-8-21(9-13-30)4-1-5-21/h2-3,10-11,18H,1,4-9,12-15H2,(H,28,32)(H,29,31). The summed E-state index contributed by atoms with van der Waals surface area (Å²) in [5.41, 5.74) is -0.258. The molecular formula is C23H29F2N5O2. The first-order valence-corrected chi connectivity index (χ1v) is 11.3. The Labute approximate surface area is 186 Å². The minimum Gasteiger partial charge on any atom is -0.336 e. The molecule has 0 aromatic carbocycles. The summed E-state index contributed by atoms with van der Waals surface area (Å²) >= 11 is 0. The lowest BCUT2D eigenvalue weighted by Gasteiger charge is -2.48. The number of hydrogen-bond acceptors (Lipinski definition) is 4. The van der Waals surface area contributed by atoms with Crippen LogP contribution in [0.25, 0.3) is 0 Å². The molecule has 1 aromatic heterocycles. The first-order chi connectivity index (χ1) is 15.2. The fourth-order valence-electron chi connectivity index (χ4n) is 4.69. The molecule has 1 aliphatic heterocycles. The Balaban J connectivity index is 1.41. The van der Waals surface area contributed by atoms with Gasteiger partial charge in [-0.3, -0.25) is 9.78 Å². The summed E-state index contributed by atoms with van der Waals surface area (Å²) in [5, 5.41) is 14.4. The first-order valence-electron chi connectivity index (χ1n) is 11.3. The van der Waals surface area contributed by atoms with E-state index in [9.17, 15) is 23.6 Å². The van der Waals surface area contributed by atoms with Crippen molar-refractivity contribution in [3.05, 3.63) is 30.1 Å². The van der Waals surface area contributed by atoms with E-state index >= 15 is 0 Å². The summed E-state index contributed by atoms with van der Waals surface area (Å²) in [7, 11) is 0. The molecule has 2 N–H and O–H groups in total. The number of alkyl halides is 2. The molecule has 1 saturated heterocycles. The Bertz CT molecular complexity index is 883. The number of urea groups is 1. The number of nitrogens with zero attached hydrogens (tertiary/aromatic N) is 3. The molecule has 2 saturated carbocycles. The van der Waals surface area contributed by atoms with Gasteiger partial charge in [0, 0.05) is 38.3 Å². The number of rotatable bonds is 7. The van der Waals surface area contributed by atoms with Crippen molar-refractivity contribution < 1.29 is 18.4 Å². The highest BCUT2D eigenvalue weighted by molar-refractivity contribution is 5.88.